The molecule has 1 aromatic heterocycles. The fraction of sp³-hybridized carbons (Fsp3) is 0.333. The van der Waals surface area contributed by atoms with Gasteiger partial charge in [0.05, 0.1) is 12.9 Å². The van der Waals surface area contributed by atoms with Crippen LogP contribution < -0.4 is 0 Å². The van der Waals surface area contributed by atoms with Crippen LogP contribution in [0.15, 0.2) is 47.1 Å². The van der Waals surface area contributed by atoms with Crippen LogP contribution in [0.25, 0.3) is 11.1 Å². The molecule has 3 nitrogen and oxygen atoms in total. The topological polar surface area (TPSA) is 53.6 Å². The molecular weight excluding hydrogens is 228 g/mol. The van der Waals surface area contributed by atoms with Crippen molar-refractivity contribution in [3.8, 4) is 11.1 Å². The summed E-state index contributed by atoms with van der Waals surface area (Å²) in [4.78, 5) is 0. The minimum atomic E-state index is -0.840. The zero-order chi connectivity index (χ0) is 13.2. The molecule has 0 amide bonds. The molecule has 0 aliphatic heterocycles. The number of furan rings is 1. The van der Waals surface area contributed by atoms with Crippen molar-refractivity contribution >= 4 is 0 Å². The van der Waals surface area contributed by atoms with E-state index in [1.807, 2.05) is 36.4 Å². The predicted molar refractivity (Wildman–Crippen MR) is 70.0 cm³/mol. The van der Waals surface area contributed by atoms with E-state index < -0.39 is 11.5 Å². The lowest BCUT2D eigenvalue weighted by atomic mass is 9.84. The van der Waals surface area contributed by atoms with Gasteiger partial charge < -0.3 is 14.6 Å². The highest BCUT2D eigenvalue weighted by molar-refractivity contribution is 5.65. The maximum atomic E-state index is 10.3. The van der Waals surface area contributed by atoms with Crippen LogP contribution in [-0.2, 0) is 0 Å². The van der Waals surface area contributed by atoms with Crippen molar-refractivity contribution in [2.75, 3.05) is 6.61 Å². The van der Waals surface area contributed by atoms with Crippen LogP contribution in [0, 0.1) is 5.41 Å². The molecular formula is C15H18O3. The van der Waals surface area contributed by atoms with Crippen molar-refractivity contribution in [1.29, 1.82) is 0 Å². The zero-order valence-corrected chi connectivity index (χ0v) is 10.6. The zero-order valence-electron chi connectivity index (χ0n) is 10.6. The fourth-order valence-electron chi connectivity index (χ4n) is 1.83. The minimum absolute atomic E-state index is 0.108. The first-order chi connectivity index (χ1) is 8.56. The highest BCUT2D eigenvalue weighted by Gasteiger charge is 2.32. The molecule has 3 heteroatoms. The Morgan fingerprint density at radius 1 is 1.17 bits per heavy atom. The number of benzene rings is 1. The molecule has 0 saturated carbocycles. The Balaban J connectivity index is 2.40. The van der Waals surface area contributed by atoms with Gasteiger partial charge in [-0.3, -0.25) is 0 Å². The number of aliphatic hydroxyl groups excluding tert-OH is 2. The van der Waals surface area contributed by atoms with Gasteiger partial charge in [0.2, 0.25) is 0 Å². The molecule has 0 spiro atoms. The Morgan fingerprint density at radius 2 is 1.83 bits per heavy atom. The molecule has 0 fully saturated rings. The number of rotatable bonds is 4. The van der Waals surface area contributed by atoms with Gasteiger partial charge in [-0.2, -0.15) is 0 Å². The summed E-state index contributed by atoms with van der Waals surface area (Å²) in [6, 6.07) is 11.6. The lowest BCUT2D eigenvalue weighted by Gasteiger charge is -2.27. The molecule has 2 aromatic rings. The van der Waals surface area contributed by atoms with Gasteiger partial charge in [-0.25, -0.2) is 0 Å². The molecule has 96 valence electrons. The average molecular weight is 246 g/mol. The van der Waals surface area contributed by atoms with Crippen LogP contribution in [0.3, 0.4) is 0 Å². The van der Waals surface area contributed by atoms with E-state index in [-0.39, 0.29) is 6.61 Å². The first-order valence-electron chi connectivity index (χ1n) is 5.98. The van der Waals surface area contributed by atoms with Gasteiger partial charge in [-0.1, -0.05) is 44.2 Å². The van der Waals surface area contributed by atoms with Crippen LogP contribution in [0.5, 0.6) is 0 Å². The molecule has 1 aromatic carbocycles. The van der Waals surface area contributed by atoms with Crippen LogP contribution >= 0.6 is 0 Å². The third kappa shape index (κ3) is 2.33. The van der Waals surface area contributed by atoms with Crippen LogP contribution in [0.2, 0.25) is 0 Å². The summed E-state index contributed by atoms with van der Waals surface area (Å²) in [6.07, 6.45) is 0.724. The minimum Gasteiger partial charge on any atom is -0.466 e. The molecule has 2 rings (SSSR count). The molecule has 2 N–H and O–H groups in total. The molecule has 18 heavy (non-hydrogen) atoms. The number of aliphatic hydroxyl groups is 2. The van der Waals surface area contributed by atoms with E-state index in [0.29, 0.717) is 5.76 Å². The second-order valence-corrected chi connectivity index (χ2v) is 5.11. The van der Waals surface area contributed by atoms with E-state index in [4.69, 9.17) is 4.42 Å². The Labute approximate surface area is 107 Å². The van der Waals surface area contributed by atoms with Gasteiger partial charge in [0.1, 0.15) is 11.9 Å². The summed E-state index contributed by atoms with van der Waals surface area (Å²) >= 11 is 0. The van der Waals surface area contributed by atoms with E-state index in [1.165, 1.54) is 0 Å². The van der Waals surface area contributed by atoms with E-state index >= 15 is 0 Å². The summed E-state index contributed by atoms with van der Waals surface area (Å²) < 4.78 is 5.41. The van der Waals surface area contributed by atoms with Crippen LogP contribution in [-0.4, -0.2) is 16.8 Å². The first kappa shape index (κ1) is 12.9. The van der Waals surface area contributed by atoms with Gasteiger partial charge in [0.15, 0.2) is 0 Å². The third-order valence-electron chi connectivity index (χ3n) is 3.18. The monoisotopic (exact) mass is 246 g/mol. The Kier molecular flexibility index (Phi) is 3.55. The lowest BCUT2D eigenvalue weighted by Crippen LogP contribution is -2.26. The van der Waals surface area contributed by atoms with Crippen molar-refractivity contribution in [2.24, 2.45) is 5.41 Å². The van der Waals surface area contributed by atoms with Crippen molar-refractivity contribution in [3.05, 3.63) is 48.4 Å². The summed E-state index contributed by atoms with van der Waals surface area (Å²) in [6.45, 7) is 3.49. The Bertz CT molecular complexity index is 499. The number of hydrogen-bond donors (Lipinski definition) is 2. The Hall–Kier alpha value is -1.58. The molecule has 1 heterocycles. The van der Waals surface area contributed by atoms with Crippen molar-refractivity contribution < 1.29 is 14.6 Å². The molecule has 0 aliphatic carbocycles. The summed E-state index contributed by atoms with van der Waals surface area (Å²) in [7, 11) is 0. The van der Waals surface area contributed by atoms with Crippen molar-refractivity contribution in [3.63, 3.8) is 0 Å². The largest absolute Gasteiger partial charge is 0.466 e. The smallest absolute Gasteiger partial charge is 0.140 e. The second-order valence-electron chi connectivity index (χ2n) is 5.11. The summed E-state index contributed by atoms with van der Waals surface area (Å²) in [5.41, 5.74) is 1.22. The molecule has 0 aliphatic rings. The van der Waals surface area contributed by atoms with Crippen molar-refractivity contribution in [2.45, 2.75) is 20.0 Å². The maximum Gasteiger partial charge on any atom is 0.140 e. The normalized spacial score (nSPS) is 13.6. The van der Waals surface area contributed by atoms with E-state index in [1.54, 1.807) is 20.1 Å². The van der Waals surface area contributed by atoms with Crippen molar-refractivity contribution in [1.82, 2.24) is 0 Å². The van der Waals surface area contributed by atoms with Gasteiger partial charge in [-0.05, 0) is 11.6 Å². The molecule has 0 bridgehead atoms. The van der Waals surface area contributed by atoms with Gasteiger partial charge in [0, 0.05) is 11.0 Å². The number of hydrogen-bond acceptors (Lipinski definition) is 3. The van der Waals surface area contributed by atoms with Gasteiger partial charge >= 0.3 is 0 Å². The second kappa shape index (κ2) is 4.96. The highest BCUT2D eigenvalue weighted by Crippen LogP contribution is 2.38. The SMILES string of the molecule is CC(C)(CO)[C@@H](O)c1occc1-c1ccccc1. The van der Waals surface area contributed by atoms with Crippen LogP contribution in [0.1, 0.15) is 25.7 Å². The van der Waals surface area contributed by atoms with Crippen LogP contribution in [0.4, 0.5) is 0 Å². The molecule has 0 saturated heterocycles. The van der Waals surface area contributed by atoms with Gasteiger partial charge in [0.25, 0.3) is 0 Å². The van der Waals surface area contributed by atoms with E-state index in [9.17, 15) is 10.2 Å². The maximum absolute atomic E-state index is 10.3. The Morgan fingerprint density at radius 3 is 2.44 bits per heavy atom. The standard InChI is InChI=1S/C15H18O3/c1-15(2,10-16)14(17)13-12(8-9-18-13)11-6-4-3-5-7-11/h3-9,14,16-17H,10H2,1-2H3/t14-/m0/s1. The summed E-state index contributed by atoms with van der Waals surface area (Å²) in [5, 5.41) is 19.6. The van der Waals surface area contributed by atoms with Gasteiger partial charge in [-0.15, -0.1) is 0 Å². The molecule has 1 atom stereocenters. The average Bonchev–Trinajstić information content (AvgIpc) is 2.87. The highest BCUT2D eigenvalue weighted by atomic mass is 16.4. The van der Waals surface area contributed by atoms with E-state index in [0.717, 1.165) is 11.1 Å². The fourth-order valence-corrected chi connectivity index (χ4v) is 1.83. The summed E-state index contributed by atoms with van der Waals surface area (Å²) in [5.74, 6) is 0.500. The molecule has 0 radical (unpaired) electrons. The quantitative estimate of drug-likeness (QED) is 0.872. The third-order valence-corrected chi connectivity index (χ3v) is 3.18. The first-order valence-corrected chi connectivity index (χ1v) is 5.98. The predicted octanol–water partition coefficient (Wildman–Crippen LogP) is 3.00. The lowest BCUT2D eigenvalue weighted by molar-refractivity contribution is -0.00633. The molecule has 0 unspecified atom stereocenters. The van der Waals surface area contributed by atoms with E-state index in [2.05, 4.69) is 0 Å².